The van der Waals surface area contributed by atoms with Crippen molar-refractivity contribution in [2.45, 2.75) is 0 Å². The zero-order valence-electron chi connectivity index (χ0n) is 11.3. The second kappa shape index (κ2) is 6.49. The molecule has 6 heteroatoms. The summed E-state index contributed by atoms with van der Waals surface area (Å²) in [7, 11) is 0.971. The highest BCUT2D eigenvalue weighted by Crippen LogP contribution is 2.06. The normalized spacial score (nSPS) is 12.0. The maximum absolute atomic E-state index is 11.9. The fourth-order valence-electron chi connectivity index (χ4n) is 1.25. The molecule has 1 amide bonds. The number of sulfonamides is 1. The zero-order chi connectivity index (χ0) is 14.5. The molecule has 1 aromatic carbocycles. The predicted octanol–water partition coefficient (Wildman–Crippen LogP) is 1.01. The van der Waals surface area contributed by atoms with E-state index in [0.717, 1.165) is 15.3 Å². The van der Waals surface area contributed by atoms with E-state index in [0.29, 0.717) is 0 Å². The first-order chi connectivity index (χ1) is 8.83. The topological polar surface area (TPSA) is 57.7 Å². The van der Waals surface area contributed by atoms with E-state index < -0.39 is 10.0 Å². The molecule has 0 spiro atoms. The Labute approximate surface area is 114 Å². The smallest absolute Gasteiger partial charge is 0.237 e. The van der Waals surface area contributed by atoms with Crippen LogP contribution in [0.3, 0.4) is 0 Å². The molecular weight excluding hydrogens is 264 g/mol. The Kier molecular flexibility index (Phi) is 5.26. The molecule has 1 rings (SSSR count). The van der Waals surface area contributed by atoms with Crippen molar-refractivity contribution in [3.05, 3.63) is 41.3 Å². The molecule has 0 saturated carbocycles. The lowest BCUT2D eigenvalue weighted by molar-refractivity contribution is -0.128. The fourth-order valence-corrected chi connectivity index (χ4v) is 2.08. The Morgan fingerprint density at radius 3 is 2.26 bits per heavy atom. The molecule has 0 aliphatic heterocycles. The maximum atomic E-state index is 11.9. The maximum Gasteiger partial charge on any atom is 0.237 e. The van der Waals surface area contributed by atoms with Crippen molar-refractivity contribution in [2.24, 2.45) is 0 Å². The van der Waals surface area contributed by atoms with Crippen molar-refractivity contribution in [2.75, 3.05) is 27.7 Å². The van der Waals surface area contributed by atoms with E-state index in [-0.39, 0.29) is 12.5 Å². The lowest BCUT2D eigenvalue weighted by atomic mass is 10.2. The van der Waals surface area contributed by atoms with Gasteiger partial charge in [-0.05, 0) is 11.6 Å². The molecule has 1 aromatic rings. The van der Waals surface area contributed by atoms with Gasteiger partial charge in [-0.25, -0.2) is 8.42 Å². The third kappa shape index (κ3) is 4.84. The molecule has 0 fully saturated rings. The van der Waals surface area contributed by atoms with Gasteiger partial charge in [0.05, 0.1) is 6.54 Å². The van der Waals surface area contributed by atoms with Crippen molar-refractivity contribution >= 4 is 22.0 Å². The minimum absolute atomic E-state index is 0.172. The largest absolute Gasteiger partial charge is 0.348 e. The molecule has 0 aromatic heterocycles. The summed E-state index contributed by atoms with van der Waals surface area (Å²) in [5, 5.41) is 1.10. The Balaban J connectivity index is 2.76. The van der Waals surface area contributed by atoms with Gasteiger partial charge in [0.2, 0.25) is 15.9 Å². The average molecular weight is 282 g/mol. The Morgan fingerprint density at radius 2 is 1.74 bits per heavy atom. The van der Waals surface area contributed by atoms with Gasteiger partial charge >= 0.3 is 0 Å². The standard InChI is InChI=1S/C13H18N2O3S/c1-14(2)13(16)11-15(3)19(17,18)10-9-12-7-5-4-6-8-12/h4-10H,11H2,1-3H3/b10-9+. The van der Waals surface area contributed by atoms with Gasteiger partial charge in [-0.2, -0.15) is 4.31 Å². The van der Waals surface area contributed by atoms with Gasteiger partial charge in [0.25, 0.3) is 0 Å². The zero-order valence-corrected chi connectivity index (χ0v) is 12.1. The molecule has 104 valence electrons. The predicted molar refractivity (Wildman–Crippen MR) is 75.7 cm³/mol. The number of benzene rings is 1. The molecule has 0 aliphatic rings. The molecule has 5 nitrogen and oxygen atoms in total. The molecular formula is C13H18N2O3S. The first-order valence-corrected chi connectivity index (χ1v) is 7.23. The number of rotatable bonds is 5. The summed E-state index contributed by atoms with van der Waals surface area (Å²) in [6.45, 7) is -0.172. The molecule has 0 heterocycles. The average Bonchev–Trinajstić information content (AvgIpc) is 2.37. The van der Waals surface area contributed by atoms with Crippen LogP contribution >= 0.6 is 0 Å². The number of likely N-dealkylation sites (N-methyl/N-ethyl adjacent to an activating group) is 2. The van der Waals surface area contributed by atoms with Crippen molar-refractivity contribution in [1.29, 1.82) is 0 Å². The number of hydrogen-bond acceptors (Lipinski definition) is 3. The summed E-state index contributed by atoms with van der Waals surface area (Å²) in [6.07, 6.45) is 1.51. The van der Waals surface area contributed by atoms with Crippen LogP contribution in [0.1, 0.15) is 5.56 Å². The first kappa shape index (κ1) is 15.4. The highest BCUT2D eigenvalue weighted by atomic mass is 32.2. The van der Waals surface area contributed by atoms with E-state index in [2.05, 4.69) is 0 Å². The SMILES string of the molecule is CN(C)C(=O)CN(C)S(=O)(=O)/C=C/c1ccccc1. The van der Waals surface area contributed by atoms with Gasteiger partial charge < -0.3 is 4.90 Å². The molecule has 0 saturated heterocycles. The third-order valence-corrected chi connectivity index (χ3v) is 4.00. The van der Waals surface area contributed by atoms with Crippen molar-refractivity contribution < 1.29 is 13.2 Å². The van der Waals surface area contributed by atoms with Crippen LogP contribution in [0.2, 0.25) is 0 Å². The fraction of sp³-hybridized carbons (Fsp3) is 0.308. The summed E-state index contributed by atoms with van der Waals surface area (Å²) in [4.78, 5) is 12.8. The Bertz CT molecular complexity index is 551. The highest BCUT2D eigenvalue weighted by molar-refractivity contribution is 7.92. The molecule has 0 N–H and O–H groups in total. The van der Waals surface area contributed by atoms with Gasteiger partial charge in [-0.15, -0.1) is 0 Å². The molecule has 0 bridgehead atoms. The van der Waals surface area contributed by atoms with Crippen LogP contribution < -0.4 is 0 Å². The van der Waals surface area contributed by atoms with Crippen molar-refractivity contribution in [1.82, 2.24) is 9.21 Å². The number of carbonyl (C=O) groups is 1. The lowest BCUT2D eigenvalue weighted by Crippen LogP contribution is -2.36. The number of nitrogens with zero attached hydrogens (tertiary/aromatic N) is 2. The Morgan fingerprint density at radius 1 is 1.16 bits per heavy atom. The van der Waals surface area contributed by atoms with E-state index in [1.165, 1.54) is 18.0 Å². The van der Waals surface area contributed by atoms with E-state index in [4.69, 9.17) is 0 Å². The van der Waals surface area contributed by atoms with Gasteiger partial charge in [0, 0.05) is 26.6 Å². The third-order valence-electron chi connectivity index (χ3n) is 2.52. The summed E-state index contributed by atoms with van der Waals surface area (Å²) in [5.74, 6) is -0.265. The van der Waals surface area contributed by atoms with Crippen LogP contribution in [0.15, 0.2) is 35.7 Å². The first-order valence-electron chi connectivity index (χ1n) is 5.72. The van der Waals surface area contributed by atoms with Gasteiger partial charge in [0.1, 0.15) is 0 Å². The van der Waals surface area contributed by atoms with Crippen LogP contribution in [-0.4, -0.2) is 51.2 Å². The molecule has 0 radical (unpaired) electrons. The lowest BCUT2D eigenvalue weighted by Gasteiger charge is -2.17. The minimum Gasteiger partial charge on any atom is -0.348 e. The van der Waals surface area contributed by atoms with Crippen LogP contribution in [0.4, 0.5) is 0 Å². The van der Waals surface area contributed by atoms with Crippen LogP contribution in [0, 0.1) is 0 Å². The van der Waals surface area contributed by atoms with Crippen LogP contribution in [0.5, 0.6) is 0 Å². The van der Waals surface area contributed by atoms with Crippen molar-refractivity contribution in [3.63, 3.8) is 0 Å². The molecule has 19 heavy (non-hydrogen) atoms. The van der Waals surface area contributed by atoms with Gasteiger partial charge in [-0.1, -0.05) is 30.3 Å². The van der Waals surface area contributed by atoms with E-state index in [9.17, 15) is 13.2 Å². The highest BCUT2D eigenvalue weighted by Gasteiger charge is 2.18. The number of amides is 1. The number of carbonyl (C=O) groups excluding carboxylic acids is 1. The quantitative estimate of drug-likeness (QED) is 0.810. The molecule has 0 unspecified atom stereocenters. The monoisotopic (exact) mass is 282 g/mol. The van der Waals surface area contributed by atoms with Gasteiger partial charge in [0.15, 0.2) is 0 Å². The molecule has 0 aliphatic carbocycles. The summed E-state index contributed by atoms with van der Waals surface area (Å²) < 4.78 is 24.9. The second-order valence-electron chi connectivity index (χ2n) is 4.30. The molecule has 0 atom stereocenters. The summed E-state index contributed by atoms with van der Waals surface area (Å²) in [5.41, 5.74) is 0.790. The van der Waals surface area contributed by atoms with Crippen molar-refractivity contribution in [3.8, 4) is 0 Å². The van der Waals surface area contributed by atoms with E-state index >= 15 is 0 Å². The van der Waals surface area contributed by atoms with Crippen LogP contribution in [0.25, 0.3) is 6.08 Å². The minimum atomic E-state index is -3.58. The van der Waals surface area contributed by atoms with Gasteiger partial charge in [-0.3, -0.25) is 4.79 Å². The number of hydrogen-bond donors (Lipinski definition) is 0. The Hall–Kier alpha value is -1.66. The van der Waals surface area contributed by atoms with Crippen LogP contribution in [-0.2, 0) is 14.8 Å². The second-order valence-corrected chi connectivity index (χ2v) is 6.23. The summed E-state index contributed by atoms with van der Waals surface area (Å²) in [6, 6.07) is 9.11. The summed E-state index contributed by atoms with van der Waals surface area (Å²) >= 11 is 0. The van der Waals surface area contributed by atoms with E-state index in [1.54, 1.807) is 26.2 Å². The van der Waals surface area contributed by atoms with E-state index in [1.807, 2.05) is 18.2 Å².